The molecule has 2 aliphatic rings. The predicted molar refractivity (Wildman–Crippen MR) is 86.0 cm³/mol. The molecule has 0 bridgehead atoms. The van der Waals surface area contributed by atoms with Crippen molar-refractivity contribution in [2.45, 2.75) is 31.2 Å². The Morgan fingerprint density at radius 1 is 1.38 bits per heavy atom. The minimum Gasteiger partial charge on any atom is -0.341 e. The molecule has 2 fully saturated rings. The standard InChI is InChI=1S/C16H20Cl2N2O/c1-19-11-3-2-6-20(9-11)16(21)14-8-13(14)12-5-4-10(17)7-15(12)18/h4-5,7,11,13-14,19H,2-3,6,8-9H2,1H3. The molecule has 3 unspecified atom stereocenters. The van der Waals surface area contributed by atoms with E-state index in [1.165, 1.54) is 0 Å². The van der Waals surface area contributed by atoms with Crippen LogP contribution in [0.25, 0.3) is 0 Å². The van der Waals surface area contributed by atoms with Crippen molar-refractivity contribution in [2.24, 2.45) is 5.92 Å². The lowest BCUT2D eigenvalue weighted by Gasteiger charge is -2.32. The summed E-state index contributed by atoms with van der Waals surface area (Å²) in [5, 5.41) is 4.59. The average molecular weight is 327 g/mol. The van der Waals surface area contributed by atoms with E-state index in [-0.39, 0.29) is 17.7 Å². The van der Waals surface area contributed by atoms with Gasteiger partial charge in [0.1, 0.15) is 0 Å². The molecule has 1 saturated heterocycles. The first-order valence-corrected chi connectivity index (χ1v) is 8.26. The molecule has 114 valence electrons. The van der Waals surface area contributed by atoms with Crippen molar-refractivity contribution in [3.63, 3.8) is 0 Å². The second-order valence-electron chi connectivity index (χ2n) is 6.03. The van der Waals surface area contributed by atoms with Crippen LogP contribution in [0.5, 0.6) is 0 Å². The second kappa shape index (κ2) is 6.15. The predicted octanol–water partition coefficient (Wildman–Crippen LogP) is 3.31. The zero-order valence-corrected chi connectivity index (χ0v) is 13.6. The number of carbonyl (C=O) groups is 1. The molecule has 1 saturated carbocycles. The Labute approximate surface area is 135 Å². The Kier molecular flexibility index (Phi) is 4.43. The van der Waals surface area contributed by atoms with Crippen molar-refractivity contribution < 1.29 is 4.79 Å². The summed E-state index contributed by atoms with van der Waals surface area (Å²) in [6.45, 7) is 1.71. The molecule has 3 nitrogen and oxygen atoms in total. The van der Waals surface area contributed by atoms with Crippen LogP contribution in [-0.2, 0) is 4.79 Å². The maximum absolute atomic E-state index is 12.6. The van der Waals surface area contributed by atoms with Crippen LogP contribution in [0.1, 0.15) is 30.7 Å². The lowest BCUT2D eigenvalue weighted by atomic mass is 10.0. The van der Waals surface area contributed by atoms with Gasteiger partial charge < -0.3 is 10.2 Å². The zero-order valence-electron chi connectivity index (χ0n) is 12.1. The number of amides is 1. The molecule has 3 rings (SSSR count). The summed E-state index contributed by atoms with van der Waals surface area (Å²) in [5.74, 6) is 0.641. The molecule has 0 aromatic heterocycles. The van der Waals surface area contributed by atoms with Gasteiger partial charge in [0.2, 0.25) is 5.91 Å². The first kappa shape index (κ1) is 15.1. The first-order chi connectivity index (χ1) is 10.1. The van der Waals surface area contributed by atoms with E-state index in [1.54, 1.807) is 6.07 Å². The average Bonchev–Trinajstić information content (AvgIpc) is 3.27. The van der Waals surface area contributed by atoms with E-state index in [2.05, 4.69) is 5.32 Å². The monoisotopic (exact) mass is 326 g/mol. The van der Waals surface area contributed by atoms with Crippen LogP contribution in [0.15, 0.2) is 18.2 Å². The highest BCUT2D eigenvalue weighted by atomic mass is 35.5. The van der Waals surface area contributed by atoms with Crippen LogP contribution in [0.3, 0.4) is 0 Å². The molecule has 5 heteroatoms. The number of nitrogens with zero attached hydrogens (tertiary/aromatic N) is 1. The normalized spacial score (nSPS) is 28.5. The molecule has 0 radical (unpaired) electrons. The minimum atomic E-state index is 0.0966. The molecule has 1 aliphatic carbocycles. The van der Waals surface area contributed by atoms with Crippen molar-refractivity contribution >= 4 is 29.1 Å². The SMILES string of the molecule is CNC1CCCN(C(=O)C2CC2c2ccc(Cl)cc2Cl)C1. The molecule has 1 aromatic rings. The third-order valence-corrected chi connectivity index (χ3v) is 5.17. The van der Waals surface area contributed by atoms with Crippen molar-refractivity contribution in [1.29, 1.82) is 0 Å². The summed E-state index contributed by atoms with van der Waals surface area (Å²) < 4.78 is 0. The van der Waals surface area contributed by atoms with Gasteiger partial charge in [-0.05, 0) is 49.9 Å². The van der Waals surface area contributed by atoms with Gasteiger partial charge >= 0.3 is 0 Å². The third-order valence-electron chi connectivity index (χ3n) is 4.61. The number of rotatable bonds is 3. The lowest BCUT2D eigenvalue weighted by molar-refractivity contribution is -0.134. The maximum atomic E-state index is 12.6. The number of piperidine rings is 1. The van der Waals surface area contributed by atoms with Crippen LogP contribution in [0.4, 0.5) is 0 Å². The number of hydrogen-bond acceptors (Lipinski definition) is 2. The van der Waals surface area contributed by atoms with Gasteiger partial charge in [0.25, 0.3) is 0 Å². The molecule has 1 amide bonds. The fourth-order valence-electron chi connectivity index (χ4n) is 3.26. The number of hydrogen-bond donors (Lipinski definition) is 1. The summed E-state index contributed by atoms with van der Waals surface area (Å²) in [7, 11) is 1.96. The Morgan fingerprint density at radius 3 is 2.90 bits per heavy atom. The van der Waals surface area contributed by atoms with Gasteiger partial charge in [-0.3, -0.25) is 4.79 Å². The zero-order chi connectivity index (χ0) is 15.0. The van der Waals surface area contributed by atoms with E-state index in [4.69, 9.17) is 23.2 Å². The highest BCUT2D eigenvalue weighted by molar-refractivity contribution is 6.35. The van der Waals surface area contributed by atoms with E-state index in [1.807, 2.05) is 24.1 Å². The smallest absolute Gasteiger partial charge is 0.226 e. The Balaban J connectivity index is 1.65. The molecule has 3 atom stereocenters. The second-order valence-corrected chi connectivity index (χ2v) is 6.87. The summed E-state index contributed by atoms with van der Waals surface area (Å²) in [6.07, 6.45) is 3.13. The quantitative estimate of drug-likeness (QED) is 0.924. The minimum absolute atomic E-state index is 0.0966. The van der Waals surface area contributed by atoms with E-state index in [0.29, 0.717) is 16.1 Å². The molecular formula is C16H20Cl2N2O. The van der Waals surface area contributed by atoms with Crippen molar-refractivity contribution in [3.8, 4) is 0 Å². The van der Waals surface area contributed by atoms with Crippen molar-refractivity contribution in [3.05, 3.63) is 33.8 Å². The van der Waals surface area contributed by atoms with Crippen LogP contribution < -0.4 is 5.32 Å². The number of carbonyl (C=O) groups excluding carboxylic acids is 1. The lowest BCUT2D eigenvalue weighted by Crippen LogP contribution is -2.47. The highest BCUT2D eigenvalue weighted by Gasteiger charge is 2.47. The van der Waals surface area contributed by atoms with E-state index >= 15 is 0 Å². The summed E-state index contributed by atoms with van der Waals surface area (Å²) in [6, 6.07) is 5.99. The molecule has 1 aliphatic heterocycles. The summed E-state index contributed by atoms with van der Waals surface area (Å²) in [4.78, 5) is 14.6. The van der Waals surface area contributed by atoms with Crippen LogP contribution in [0, 0.1) is 5.92 Å². The number of halogens is 2. The van der Waals surface area contributed by atoms with Gasteiger partial charge in [0.15, 0.2) is 0 Å². The number of likely N-dealkylation sites (N-methyl/N-ethyl adjacent to an activating group) is 1. The molecular weight excluding hydrogens is 307 g/mol. The first-order valence-electron chi connectivity index (χ1n) is 7.51. The number of nitrogens with one attached hydrogen (secondary N) is 1. The van der Waals surface area contributed by atoms with Gasteiger partial charge in [0.05, 0.1) is 0 Å². The molecule has 1 heterocycles. The Hall–Kier alpha value is -0.770. The van der Waals surface area contributed by atoms with Crippen LogP contribution in [-0.4, -0.2) is 37.0 Å². The Bertz CT molecular complexity index is 549. The van der Waals surface area contributed by atoms with Crippen molar-refractivity contribution in [2.75, 3.05) is 20.1 Å². The van der Waals surface area contributed by atoms with Crippen LogP contribution in [0.2, 0.25) is 10.0 Å². The number of benzene rings is 1. The van der Waals surface area contributed by atoms with Crippen LogP contribution >= 0.6 is 23.2 Å². The topological polar surface area (TPSA) is 32.3 Å². The van der Waals surface area contributed by atoms with Gasteiger partial charge in [-0.25, -0.2) is 0 Å². The maximum Gasteiger partial charge on any atom is 0.226 e. The fourth-order valence-corrected chi connectivity index (χ4v) is 3.81. The largest absolute Gasteiger partial charge is 0.341 e. The van der Waals surface area contributed by atoms with Crippen molar-refractivity contribution in [1.82, 2.24) is 10.2 Å². The molecule has 1 N–H and O–H groups in total. The summed E-state index contributed by atoms with van der Waals surface area (Å²) >= 11 is 12.2. The molecule has 1 aromatic carbocycles. The van der Waals surface area contributed by atoms with Gasteiger partial charge in [-0.1, -0.05) is 29.3 Å². The number of likely N-dealkylation sites (tertiary alicyclic amines) is 1. The fraction of sp³-hybridized carbons (Fsp3) is 0.562. The Morgan fingerprint density at radius 2 is 2.19 bits per heavy atom. The van der Waals surface area contributed by atoms with E-state index in [0.717, 1.165) is 37.9 Å². The van der Waals surface area contributed by atoms with Gasteiger partial charge in [-0.2, -0.15) is 0 Å². The third kappa shape index (κ3) is 3.20. The molecule has 0 spiro atoms. The van der Waals surface area contributed by atoms with E-state index in [9.17, 15) is 4.79 Å². The molecule has 21 heavy (non-hydrogen) atoms. The van der Waals surface area contributed by atoms with Gasteiger partial charge in [-0.15, -0.1) is 0 Å². The van der Waals surface area contributed by atoms with Gasteiger partial charge in [0, 0.05) is 35.1 Å². The summed E-state index contributed by atoms with van der Waals surface area (Å²) in [5.41, 5.74) is 1.06. The highest BCUT2D eigenvalue weighted by Crippen LogP contribution is 2.51. The van der Waals surface area contributed by atoms with E-state index < -0.39 is 0 Å².